The average Bonchev–Trinajstić information content (AvgIpc) is 2.50. The van der Waals surface area contributed by atoms with E-state index in [2.05, 4.69) is 10.3 Å². The van der Waals surface area contributed by atoms with Crippen LogP contribution in [0.15, 0.2) is 54.7 Å². The summed E-state index contributed by atoms with van der Waals surface area (Å²) >= 11 is 0. The van der Waals surface area contributed by atoms with E-state index in [0.717, 1.165) is 10.9 Å². The fraction of sp³-hybridized carbons (Fsp3) is 0. The number of carbonyl (C=O) groups excluding carboxylic acids is 1. The summed E-state index contributed by atoms with van der Waals surface area (Å²) in [6.45, 7) is 0. The van der Waals surface area contributed by atoms with Crippen molar-refractivity contribution in [3.8, 4) is 0 Å². The van der Waals surface area contributed by atoms with Gasteiger partial charge in [-0.15, -0.1) is 0 Å². The van der Waals surface area contributed by atoms with Crippen LogP contribution < -0.4 is 11.1 Å². The second kappa shape index (κ2) is 5.20. The van der Waals surface area contributed by atoms with Crippen LogP contribution in [0.25, 0.3) is 10.9 Å². The summed E-state index contributed by atoms with van der Waals surface area (Å²) in [5.74, 6) is -1.08. The summed E-state index contributed by atoms with van der Waals surface area (Å²) in [4.78, 5) is 16.4. The van der Waals surface area contributed by atoms with Gasteiger partial charge in [0.2, 0.25) is 0 Å². The molecule has 21 heavy (non-hydrogen) atoms. The standard InChI is InChI=1S/C16H12FN3O/c17-13-6-3-5-12(15(13)18)16(21)20-11-8-10-4-1-2-7-14(10)19-9-11/h1-9H,18H2,(H,20,21). The van der Waals surface area contributed by atoms with E-state index in [9.17, 15) is 9.18 Å². The zero-order valence-electron chi connectivity index (χ0n) is 11.0. The molecule has 1 amide bonds. The largest absolute Gasteiger partial charge is 0.396 e. The van der Waals surface area contributed by atoms with E-state index >= 15 is 0 Å². The molecule has 0 saturated heterocycles. The van der Waals surface area contributed by atoms with Gasteiger partial charge in [0.25, 0.3) is 5.91 Å². The highest BCUT2D eigenvalue weighted by Crippen LogP contribution is 2.19. The highest BCUT2D eigenvalue weighted by molar-refractivity contribution is 6.08. The molecule has 0 spiro atoms. The lowest BCUT2D eigenvalue weighted by Crippen LogP contribution is -2.14. The normalized spacial score (nSPS) is 10.5. The van der Waals surface area contributed by atoms with Gasteiger partial charge in [-0.1, -0.05) is 24.3 Å². The number of halogens is 1. The molecule has 0 bridgehead atoms. The second-order valence-corrected chi connectivity index (χ2v) is 4.57. The Morgan fingerprint density at radius 3 is 2.81 bits per heavy atom. The van der Waals surface area contributed by atoms with Crippen molar-refractivity contribution in [3.05, 3.63) is 66.1 Å². The Labute approximate surface area is 120 Å². The lowest BCUT2D eigenvalue weighted by molar-refractivity contribution is 0.102. The van der Waals surface area contributed by atoms with E-state index in [1.165, 1.54) is 18.2 Å². The molecule has 0 radical (unpaired) electrons. The van der Waals surface area contributed by atoms with Crippen LogP contribution in [-0.2, 0) is 0 Å². The van der Waals surface area contributed by atoms with E-state index in [-0.39, 0.29) is 11.3 Å². The van der Waals surface area contributed by atoms with E-state index in [4.69, 9.17) is 5.73 Å². The molecule has 3 N–H and O–H groups in total. The van der Waals surface area contributed by atoms with E-state index < -0.39 is 11.7 Å². The van der Waals surface area contributed by atoms with E-state index in [0.29, 0.717) is 5.69 Å². The molecule has 0 aliphatic rings. The Balaban J connectivity index is 1.91. The molecule has 4 nitrogen and oxygen atoms in total. The van der Waals surface area contributed by atoms with Crippen LogP contribution in [0.2, 0.25) is 0 Å². The first kappa shape index (κ1) is 13.1. The number of amides is 1. The van der Waals surface area contributed by atoms with Crippen molar-refractivity contribution in [2.24, 2.45) is 0 Å². The molecule has 0 unspecified atom stereocenters. The number of anilines is 2. The summed E-state index contributed by atoms with van der Waals surface area (Å²) in [5.41, 5.74) is 6.88. The van der Waals surface area contributed by atoms with Crippen molar-refractivity contribution in [1.82, 2.24) is 4.98 Å². The van der Waals surface area contributed by atoms with Gasteiger partial charge < -0.3 is 11.1 Å². The summed E-state index contributed by atoms with van der Waals surface area (Å²) < 4.78 is 13.4. The summed E-state index contributed by atoms with van der Waals surface area (Å²) in [6, 6.07) is 13.5. The summed E-state index contributed by atoms with van der Waals surface area (Å²) in [6.07, 6.45) is 1.55. The predicted octanol–water partition coefficient (Wildman–Crippen LogP) is 3.21. The Kier molecular flexibility index (Phi) is 3.23. The number of aromatic nitrogens is 1. The van der Waals surface area contributed by atoms with Gasteiger partial charge in [0, 0.05) is 5.39 Å². The van der Waals surface area contributed by atoms with Crippen molar-refractivity contribution in [2.45, 2.75) is 0 Å². The maximum absolute atomic E-state index is 13.4. The van der Waals surface area contributed by atoms with Crippen LogP contribution in [0.5, 0.6) is 0 Å². The zero-order chi connectivity index (χ0) is 14.8. The maximum atomic E-state index is 13.4. The highest BCUT2D eigenvalue weighted by atomic mass is 19.1. The predicted molar refractivity (Wildman–Crippen MR) is 80.5 cm³/mol. The number of pyridine rings is 1. The van der Waals surface area contributed by atoms with Crippen molar-refractivity contribution in [1.29, 1.82) is 0 Å². The van der Waals surface area contributed by atoms with Crippen molar-refractivity contribution < 1.29 is 9.18 Å². The van der Waals surface area contributed by atoms with Gasteiger partial charge in [0.05, 0.1) is 28.7 Å². The average molecular weight is 281 g/mol. The van der Waals surface area contributed by atoms with Crippen LogP contribution in [-0.4, -0.2) is 10.9 Å². The number of nitrogen functional groups attached to an aromatic ring is 1. The number of fused-ring (bicyclic) bond motifs is 1. The molecule has 0 atom stereocenters. The zero-order valence-corrected chi connectivity index (χ0v) is 11.0. The number of nitrogens with one attached hydrogen (secondary N) is 1. The Morgan fingerprint density at radius 1 is 1.14 bits per heavy atom. The fourth-order valence-corrected chi connectivity index (χ4v) is 2.07. The number of nitrogens with zero attached hydrogens (tertiary/aromatic N) is 1. The molecule has 0 aliphatic heterocycles. The smallest absolute Gasteiger partial charge is 0.257 e. The van der Waals surface area contributed by atoms with E-state index in [1.54, 1.807) is 12.3 Å². The molecule has 1 heterocycles. The van der Waals surface area contributed by atoms with Crippen LogP contribution in [0.1, 0.15) is 10.4 Å². The molecule has 5 heteroatoms. The van der Waals surface area contributed by atoms with Gasteiger partial charge in [0.1, 0.15) is 5.82 Å². The summed E-state index contributed by atoms with van der Waals surface area (Å²) in [5, 5.41) is 3.58. The third-order valence-electron chi connectivity index (χ3n) is 3.15. The van der Waals surface area contributed by atoms with Gasteiger partial charge >= 0.3 is 0 Å². The van der Waals surface area contributed by atoms with Crippen molar-refractivity contribution in [3.63, 3.8) is 0 Å². The molecule has 0 saturated carbocycles. The van der Waals surface area contributed by atoms with Crippen LogP contribution in [0.4, 0.5) is 15.8 Å². The minimum absolute atomic E-state index is 0.100. The van der Waals surface area contributed by atoms with Crippen LogP contribution in [0, 0.1) is 5.82 Å². The molecule has 0 fully saturated rings. The molecular weight excluding hydrogens is 269 g/mol. The van der Waals surface area contributed by atoms with Gasteiger partial charge in [-0.25, -0.2) is 4.39 Å². The minimum atomic E-state index is -0.612. The first-order valence-corrected chi connectivity index (χ1v) is 6.35. The number of hydrogen-bond donors (Lipinski definition) is 2. The van der Waals surface area contributed by atoms with Gasteiger partial charge in [0.15, 0.2) is 0 Å². The first-order chi connectivity index (χ1) is 10.1. The quantitative estimate of drug-likeness (QED) is 0.709. The number of carbonyl (C=O) groups is 1. The molecule has 3 rings (SSSR count). The second-order valence-electron chi connectivity index (χ2n) is 4.57. The molecule has 3 aromatic rings. The minimum Gasteiger partial charge on any atom is -0.396 e. The van der Waals surface area contributed by atoms with Crippen molar-refractivity contribution >= 4 is 28.2 Å². The topological polar surface area (TPSA) is 68.0 Å². The third-order valence-corrected chi connectivity index (χ3v) is 3.15. The first-order valence-electron chi connectivity index (χ1n) is 6.35. The van der Waals surface area contributed by atoms with E-state index in [1.807, 2.05) is 24.3 Å². The lowest BCUT2D eigenvalue weighted by Gasteiger charge is -2.08. The van der Waals surface area contributed by atoms with Crippen molar-refractivity contribution in [2.75, 3.05) is 11.1 Å². The number of nitrogens with two attached hydrogens (primary N) is 1. The fourth-order valence-electron chi connectivity index (χ4n) is 2.07. The SMILES string of the molecule is Nc1c(F)cccc1C(=O)Nc1cnc2ccccc2c1. The lowest BCUT2D eigenvalue weighted by atomic mass is 10.1. The third kappa shape index (κ3) is 2.53. The number of rotatable bonds is 2. The van der Waals surface area contributed by atoms with Gasteiger partial charge in [-0.2, -0.15) is 0 Å². The van der Waals surface area contributed by atoms with Gasteiger partial charge in [-0.05, 0) is 24.3 Å². The number of benzene rings is 2. The monoisotopic (exact) mass is 281 g/mol. The number of para-hydroxylation sites is 2. The molecule has 1 aromatic heterocycles. The molecular formula is C16H12FN3O. The highest BCUT2D eigenvalue weighted by Gasteiger charge is 2.13. The summed E-state index contributed by atoms with van der Waals surface area (Å²) in [7, 11) is 0. The van der Waals surface area contributed by atoms with Gasteiger partial charge in [-0.3, -0.25) is 9.78 Å². The Hall–Kier alpha value is -2.95. The molecule has 2 aromatic carbocycles. The number of hydrogen-bond acceptors (Lipinski definition) is 3. The van der Waals surface area contributed by atoms with Crippen LogP contribution in [0.3, 0.4) is 0 Å². The molecule has 104 valence electrons. The Morgan fingerprint density at radius 2 is 1.95 bits per heavy atom. The Bertz CT molecular complexity index is 833. The molecule has 0 aliphatic carbocycles. The van der Waals surface area contributed by atoms with Crippen LogP contribution >= 0.6 is 0 Å². The maximum Gasteiger partial charge on any atom is 0.257 e.